The maximum absolute atomic E-state index is 15.0. The normalized spacial score (nSPS) is 12.4. The molecule has 13 aromatic rings. The topological polar surface area (TPSA) is 56.0 Å². The van der Waals surface area contributed by atoms with Gasteiger partial charge in [0.1, 0.15) is 28.9 Å². The van der Waals surface area contributed by atoms with Crippen molar-refractivity contribution in [1.29, 1.82) is 0 Å². The predicted octanol–water partition coefficient (Wildman–Crippen LogP) is 17.2. The van der Waals surface area contributed by atoms with Gasteiger partial charge in [-0.15, -0.1) is 0 Å². The zero-order valence-corrected chi connectivity index (χ0v) is 39.0. The van der Waals surface area contributed by atoms with Crippen LogP contribution in [0.15, 0.2) is 219 Å². The van der Waals surface area contributed by atoms with E-state index in [4.69, 9.17) is 9.97 Å². The first-order chi connectivity index (χ1) is 37.5. The minimum atomic E-state index is -2.63. The number of benzene rings is 8. The number of hydrogen-bond donors (Lipinski definition) is 0. The Morgan fingerprint density at radius 1 is 0.392 bits per heavy atom. The van der Waals surface area contributed by atoms with Crippen molar-refractivity contribution < 1.29 is 21.7 Å². The van der Waals surface area contributed by atoms with E-state index in [9.17, 15) is 21.7 Å². The lowest BCUT2D eigenvalue weighted by Gasteiger charge is -2.19. The van der Waals surface area contributed by atoms with Crippen molar-refractivity contribution in [3.8, 4) is 89.3 Å². The predicted molar refractivity (Wildman–Crippen MR) is 289 cm³/mol. The summed E-state index contributed by atoms with van der Waals surface area (Å²) in [6, 6.07) is 59.4. The maximum Gasteiger partial charge on any atom is 0.148 e. The standard InChI is InChI=1S/C65H39F4N5/c1-38-55(37-72-64-54-18-8-10-20-61(54)74-62-21-11-9-19-60(62)73-65(74)63(38)64)51-17-7-6-16-50(51)43-31-41(48-14-4-2-12-46(48)39-22-28-58(70-35-39)52-26-24-44(66)33-56(52)68)30-42(32-43)49-15-5-3-13-47(49)40-23-29-59(71-36-40)53-27-25-45(67)34-57(53)69/h2-37H,1H3/i1D3. The zero-order chi connectivity index (χ0) is 52.5. The van der Waals surface area contributed by atoms with Gasteiger partial charge in [0, 0.05) is 73.4 Å². The Labute approximate surface area is 426 Å². The van der Waals surface area contributed by atoms with Crippen LogP contribution in [0.5, 0.6) is 0 Å². The van der Waals surface area contributed by atoms with Crippen LogP contribution >= 0.6 is 0 Å². The second-order valence-corrected chi connectivity index (χ2v) is 18.1. The van der Waals surface area contributed by atoms with E-state index in [0.717, 1.165) is 89.7 Å². The molecule has 9 heteroatoms. The molecule has 0 saturated heterocycles. The number of aromatic nitrogens is 5. The molecular formula is C65H39F4N5. The van der Waals surface area contributed by atoms with Crippen molar-refractivity contribution in [2.45, 2.75) is 6.85 Å². The fraction of sp³-hybridized carbons (Fsp3) is 0.0154. The molecule has 0 spiro atoms. The number of halogens is 4. The van der Waals surface area contributed by atoms with E-state index in [1.165, 1.54) is 24.3 Å². The van der Waals surface area contributed by atoms with Crippen molar-refractivity contribution in [3.63, 3.8) is 0 Å². The Morgan fingerprint density at radius 3 is 1.38 bits per heavy atom. The number of pyridine rings is 4. The smallest absolute Gasteiger partial charge is 0.148 e. The summed E-state index contributed by atoms with van der Waals surface area (Å²) >= 11 is 0. The first kappa shape index (κ1) is 41.1. The molecule has 5 nitrogen and oxygen atoms in total. The highest BCUT2D eigenvalue weighted by molar-refractivity contribution is 6.14. The van der Waals surface area contributed by atoms with E-state index in [2.05, 4.69) is 28.2 Å². The average molecular weight is 969 g/mol. The van der Waals surface area contributed by atoms with E-state index in [-0.39, 0.29) is 16.7 Å². The summed E-state index contributed by atoms with van der Waals surface area (Å²) in [7, 11) is 0. The summed E-state index contributed by atoms with van der Waals surface area (Å²) < 4.78 is 87.6. The molecule has 0 amide bonds. The van der Waals surface area contributed by atoms with Crippen LogP contribution in [0, 0.1) is 30.1 Å². The Hall–Kier alpha value is -9.60. The van der Waals surface area contributed by atoms with Crippen LogP contribution in [-0.4, -0.2) is 24.3 Å². The molecule has 0 atom stereocenters. The lowest BCUT2D eigenvalue weighted by molar-refractivity contribution is 0.584. The number of fused-ring (bicyclic) bond motifs is 8. The van der Waals surface area contributed by atoms with Gasteiger partial charge in [-0.25, -0.2) is 22.5 Å². The molecule has 8 aromatic carbocycles. The van der Waals surface area contributed by atoms with Gasteiger partial charge in [-0.2, -0.15) is 0 Å². The number of aryl methyl sites for hydroxylation is 1. The third kappa shape index (κ3) is 7.56. The highest BCUT2D eigenvalue weighted by atomic mass is 19.1. The first-order valence-corrected chi connectivity index (χ1v) is 23.9. The third-order valence-electron chi connectivity index (χ3n) is 13.8. The molecule has 74 heavy (non-hydrogen) atoms. The van der Waals surface area contributed by atoms with Crippen LogP contribution in [0.4, 0.5) is 17.6 Å². The van der Waals surface area contributed by atoms with Gasteiger partial charge in [0.25, 0.3) is 0 Å². The lowest BCUT2D eigenvalue weighted by Crippen LogP contribution is -1.98. The second kappa shape index (κ2) is 17.9. The van der Waals surface area contributed by atoms with E-state index in [1.54, 1.807) is 30.7 Å². The number of imidazole rings is 1. The summed E-state index contributed by atoms with van der Waals surface area (Å²) in [5, 5.41) is 1.23. The molecule has 0 aliphatic rings. The SMILES string of the molecule is [2H]C([2H])([2H])c1c(-c2ccccc2-c2cc(-c3ccccc3-c3ccc(-c4ccc(F)cc4F)nc3)cc(-c3ccccc3-c3ccc(-c4ccc(F)cc4F)nc3)c2)cnc2c3ccccc3n3c4ccccc4nc3c12. The van der Waals surface area contributed by atoms with Crippen LogP contribution in [0.3, 0.4) is 0 Å². The number of nitrogens with zero attached hydrogens (tertiary/aromatic N) is 5. The molecule has 0 unspecified atom stereocenters. The largest absolute Gasteiger partial charge is 0.292 e. The van der Waals surface area contributed by atoms with Crippen LogP contribution in [0.1, 0.15) is 9.68 Å². The van der Waals surface area contributed by atoms with Crippen molar-refractivity contribution in [2.24, 2.45) is 0 Å². The van der Waals surface area contributed by atoms with Gasteiger partial charge in [-0.3, -0.25) is 19.4 Å². The summed E-state index contributed by atoms with van der Waals surface area (Å²) in [4.78, 5) is 19.5. The molecule has 0 fully saturated rings. The summed E-state index contributed by atoms with van der Waals surface area (Å²) in [6.07, 6.45) is 5.02. The lowest BCUT2D eigenvalue weighted by atomic mass is 9.86. The van der Waals surface area contributed by atoms with Gasteiger partial charge in [0.15, 0.2) is 0 Å². The second-order valence-electron chi connectivity index (χ2n) is 18.1. The first-order valence-electron chi connectivity index (χ1n) is 25.4. The van der Waals surface area contributed by atoms with Gasteiger partial charge in [0.2, 0.25) is 0 Å². The molecule has 0 radical (unpaired) electrons. The summed E-state index contributed by atoms with van der Waals surface area (Å²) in [6.45, 7) is -2.63. The molecule has 0 aliphatic heterocycles. The Kier molecular flexibility index (Phi) is 9.94. The highest BCUT2D eigenvalue weighted by Crippen LogP contribution is 2.44. The van der Waals surface area contributed by atoms with Crippen molar-refractivity contribution >= 4 is 38.5 Å². The maximum atomic E-state index is 15.0. The van der Waals surface area contributed by atoms with Crippen LogP contribution in [-0.2, 0) is 0 Å². The highest BCUT2D eigenvalue weighted by Gasteiger charge is 2.22. The molecule has 0 bridgehead atoms. The molecule has 5 heterocycles. The monoisotopic (exact) mass is 968 g/mol. The number of rotatable bonds is 8. The van der Waals surface area contributed by atoms with Crippen molar-refractivity contribution in [3.05, 3.63) is 248 Å². The average Bonchev–Trinajstić information content (AvgIpc) is 4.10. The van der Waals surface area contributed by atoms with Crippen LogP contribution in [0.25, 0.3) is 128 Å². The number of para-hydroxylation sites is 3. The van der Waals surface area contributed by atoms with Crippen LogP contribution < -0.4 is 0 Å². The minimum Gasteiger partial charge on any atom is -0.292 e. The molecule has 5 aromatic heterocycles. The van der Waals surface area contributed by atoms with Gasteiger partial charge in [-0.1, -0.05) is 115 Å². The fourth-order valence-corrected chi connectivity index (χ4v) is 10.3. The van der Waals surface area contributed by atoms with Gasteiger partial charge < -0.3 is 0 Å². The van der Waals surface area contributed by atoms with E-state index in [0.29, 0.717) is 39.1 Å². The van der Waals surface area contributed by atoms with E-state index < -0.39 is 30.1 Å². The quantitative estimate of drug-likeness (QED) is 0.112. The van der Waals surface area contributed by atoms with Gasteiger partial charge in [-0.05, 0) is 135 Å². The molecular weight excluding hydrogens is 927 g/mol. The molecule has 352 valence electrons. The van der Waals surface area contributed by atoms with Gasteiger partial charge in [0.05, 0.1) is 33.5 Å². The number of hydrogen-bond acceptors (Lipinski definition) is 4. The third-order valence-corrected chi connectivity index (χ3v) is 13.8. The Bertz CT molecular complexity index is 4340. The van der Waals surface area contributed by atoms with E-state index >= 15 is 0 Å². The summed E-state index contributed by atoms with van der Waals surface area (Å²) in [5.41, 5.74) is 13.7. The Morgan fingerprint density at radius 2 is 0.865 bits per heavy atom. The summed E-state index contributed by atoms with van der Waals surface area (Å²) in [5.74, 6) is -2.79. The van der Waals surface area contributed by atoms with Gasteiger partial charge >= 0.3 is 0 Å². The molecule has 0 saturated carbocycles. The molecule has 0 aliphatic carbocycles. The minimum absolute atomic E-state index is 0.126. The zero-order valence-electron chi connectivity index (χ0n) is 42.0. The van der Waals surface area contributed by atoms with Crippen molar-refractivity contribution in [2.75, 3.05) is 0 Å². The van der Waals surface area contributed by atoms with E-state index in [1.807, 2.05) is 138 Å². The fourth-order valence-electron chi connectivity index (χ4n) is 10.3. The Balaban J connectivity index is 1.03. The molecule has 0 N–H and O–H groups in total. The van der Waals surface area contributed by atoms with Crippen LogP contribution in [0.2, 0.25) is 0 Å². The van der Waals surface area contributed by atoms with Crippen molar-refractivity contribution in [1.82, 2.24) is 24.3 Å². The molecule has 13 rings (SSSR count).